The Balaban J connectivity index is 1.71. The molecular formula is C18H18N2O3. The highest BCUT2D eigenvalue weighted by Crippen LogP contribution is 2.21. The number of amides is 1. The molecule has 0 fully saturated rings. The van der Waals surface area contributed by atoms with E-state index in [2.05, 4.69) is 5.32 Å². The van der Waals surface area contributed by atoms with Crippen LogP contribution in [0.1, 0.15) is 24.8 Å². The standard InChI is InChI=1S/C18H18N2O3/c1-12(13-6-4-3-5-7-13)10-17(21)19-14-8-9-15-16(11-14)23-18(22)20(15)2/h3-9,11-12H,10H2,1-2H3,(H,19,21). The van der Waals surface area contributed by atoms with E-state index in [0.717, 1.165) is 5.56 Å². The van der Waals surface area contributed by atoms with Gasteiger partial charge in [0, 0.05) is 25.2 Å². The van der Waals surface area contributed by atoms with Gasteiger partial charge in [-0.1, -0.05) is 37.3 Å². The first-order valence-corrected chi connectivity index (χ1v) is 7.49. The number of nitrogens with zero attached hydrogens (tertiary/aromatic N) is 1. The molecule has 3 aromatic rings. The van der Waals surface area contributed by atoms with Crippen LogP contribution in [0, 0.1) is 0 Å². The minimum atomic E-state index is -0.416. The number of oxazole rings is 1. The first-order chi connectivity index (χ1) is 11.0. The van der Waals surface area contributed by atoms with Crippen molar-refractivity contribution in [2.24, 2.45) is 7.05 Å². The number of aromatic nitrogens is 1. The van der Waals surface area contributed by atoms with Crippen LogP contribution in [0.5, 0.6) is 0 Å². The van der Waals surface area contributed by atoms with Gasteiger partial charge in [0.25, 0.3) is 0 Å². The van der Waals surface area contributed by atoms with E-state index in [1.165, 1.54) is 4.57 Å². The third-order valence-electron chi connectivity index (χ3n) is 3.94. The zero-order valence-electron chi connectivity index (χ0n) is 13.1. The fourth-order valence-corrected chi connectivity index (χ4v) is 2.60. The summed E-state index contributed by atoms with van der Waals surface area (Å²) in [7, 11) is 1.65. The number of aryl methyl sites for hydroxylation is 1. The number of hydrogen-bond donors (Lipinski definition) is 1. The summed E-state index contributed by atoms with van der Waals surface area (Å²) in [6, 6.07) is 15.1. The van der Waals surface area contributed by atoms with Gasteiger partial charge in [0.1, 0.15) is 0 Å². The number of rotatable bonds is 4. The molecule has 2 aromatic carbocycles. The van der Waals surface area contributed by atoms with Crippen molar-refractivity contribution in [2.75, 3.05) is 5.32 Å². The third kappa shape index (κ3) is 3.18. The molecule has 1 unspecified atom stereocenters. The molecule has 0 saturated carbocycles. The monoisotopic (exact) mass is 310 g/mol. The van der Waals surface area contributed by atoms with E-state index in [0.29, 0.717) is 23.2 Å². The van der Waals surface area contributed by atoms with Crippen molar-refractivity contribution in [1.29, 1.82) is 0 Å². The summed E-state index contributed by atoms with van der Waals surface area (Å²) in [6.07, 6.45) is 0.390. The Morgan fingerprint density at radius 2 is 1.96 bits per heavy atom. The number of nitrogens with one attached hydrogen (secondary N) is 1. The van der Waals surface area contributed by atoms with Gasteiger partial charge >= 0.3 is 5.76 Å². The number of carbonyl (C=O) groups excluding carboxylic acids is 1. The minimum Gasteiger partial charge on any atom is -0.408 e. The van der Waals surface area contributed by atoms with Gasteiger partial charge < -0.3 is 9.73 Å². The molecule has 1 N–H and O–H groups in total. The third-order valence-corrected chi connectivity index (χ3v) is 3.94. The predicted molar refractivity (Wildman–Crippen MR) is 89.6 cm³/mol. The Bertz CT molecular complexity index is 894. The van der Waals surface area contributed by atoms with Crippen molar-refractivity contribution < 1.29 is 9.21 Å². The lowest BCUT2D eigenvalue weighted by Gasteiger charge is -2.12. The summed E-state index contributed by atoms with van der Waals surface area (Å²) in [5.74, 6) is -0.352. The molecule has 1 aromatic heterocycles. The Morgan fingerprint density at radius 3 is 2.70 bits per heavy atom. The quantitative estimate of drug-likeness (QED) is 0.804. The highest BCUT2D eigenvalue weighted by Gasteiger charge is 2.12. The Morgan fingerprint density at radius 1 is 1.22 bits per heavy atom. The summed E-state index contributed by atoms with van der Waals surface area (Å²) in [6.45, 7) is 2.02. The van der Waals surface area contributed by atoms with E-state index in [1.54, 1.807) is 25.2 Å². The van der Waals surface area contributed by atoms with E-state index in [1.807, 2.05) is 37.3 Å². The maximum Gasteiger partial charge on any atom is 0.419 e. The van der Waals surface area contributed by atoms with Crippen LogP contribution in [0.25, 0.3) is 11.1 Å². The number of anilines is 1. The first-order valence-electron chi connectivity index (χ1n) is 7.49. The molecule has 3 rings (SSSR count). The minimum absolute atomic E-state index is 0.0704. The van der Waals surface area contributed by atoms with Crippen LogP contribution in [0.3, 0.4) is 0 Å². The highest BCUT2D eigenvalue weighted by atomic mass is 16.4. The van der Waals surface area contributed by atoms with Crippen LogP contribution >= 0.6 is 0 Å². The van der Waals surface area contributed by atoms with E-state index in [-0.39, 0.29) is 11.8 Å². The Labute approximate surface area is 133 Å². The smallest absolute Gasteiger partial charge is 0.408 e. The number of hydrogen-bond acceptors (Lipinski definition) is 3. The molecule has 0 radical (unpaired) electrons. The van der Waals surface area contributed by atoms with E-state index < -0.39 is 5.76 Å². The summed E-state index contributed by atoms with van der Waals surface area (Å²) in [5, 5.41) is 2.85. The Hall–Kier alpha value is -2.82. The molecular weight excluding hydrogens is 292 g/mol. The lowest BCUT2D eigenvalue weighted by atomic mass is 9.97. The van der Waals surface area contributed by atoms with E-state index >= 15 is 0 Å². The van der Waals surface area contributed by atoms with Gasteiger partial charge in [0.2, 0.25) is 5.91 Å². The van der Waals surface area contributed by atoms with Gasteiger partial charge in [-0.2, -0.15) is 0 Å². The second-order valence-electron chi connectivity index (χ2n) is 5.67. The number of fused-ring (bicyclic) bond motifs is 1. The molecule has 1 heterocycles. The topological polar surface area (TPSA) is 64.2 Å². The van der Waals surface area contributed by atoms with Crippen LogP contribution in [-0.2, 0) is 11.8 Å². The number of benzene rings is 2. The van der Waals surface area contributed by atoms with Gasteiger partial charge in [0.15, 0.2) is 5.58 Å². The lowest BCUT2D eigenvalue weighted by molar-refractivity contribution is -0.116. The first kappa shape index (κ1) is 15.1. The SMILES string of the molecule is CC(CC(=O)Nc1ccc2c(c1)oc(=O)n2C)c1ccccc1. The van der Waals surface area contributed by atoms with E-state index in [9.17, 15) is 9.59 Å². The molecule has 5 nitrogen and oxygen atoms in total. The molecule has 1 atom stereocenters. The van der Waals surface area contributed by atoms with E-state index in [4.69, 9.17) is 4.42 Å². The zero-order valence-corrected chi connectivity index (χ0v) is 13.1. The Kier molecular flexibility index (Phi) is 4.02. The molecule has 0 aliphatic heterocycles. The van der Waals surface area contributed by atoms with Crippen LogP contribution < -0.4 is 11.1 Å². The molecule has 0 aliphatic carbocycles. The van der Waals surface area contributed by atoms with Gasteiger partial charge in [0.05, 0.1) is 5.52 Å². The van der Waals surface area contributed by atoms with Crippen molar-refractivity contribution in [1.82, 2.24) is 4.57 Å². The van der Waals surface area contributed by atoms with Crippen LogP contribution in [0.4, 0.5) is 5.69 Å². The van der Waals surface area contributed by atoms with Crippen LogP contribution in [-0.4, -0.2) is 10.5 Å². The summed E-state index contributed by atoms with van der Waals surface area (Å²) in [4.78, 5) is 23.7. The number of carbonyl (C=O) groups is 1. The van der Waals surface area contributed by atoms with Gasteiger partial charge in [-0.15, -0.1) is 0 Å². The lowest BCUT2D eigenvalue weighted by Crippen LogP contribution is -2.14. The van der Waals surface area contributed by atoms with Crippen molar-refractivity contribution >= 4 is 22.7 Å². The largest absolute Gasteiger partial charge is 0.419 e. The summed E-state index contributed by atoms with van der Waals surface area (Å²) >= 11 is 0. The molecule has 0 aliphatic rings. The fourth-order valence-electron chi connectivity index (χ4n) is 2.60. The maximum atomic E-state index is 12.2. The summed E-state index contributed by atoms with van der Waals surface area (Å²) in [5.41, 5.74) is 2.92. The highest BCUT2D eigenvalue weighted by molar-refractivity contribution is 5.93. The normalized spacial score (nSPS) is 12.3. The molecule has 1 amide bonds. The predicted octanol–water partition coefficient (Wildman–Crippen LogP) is 3.26. The van der Waals surface area contributed by atoms with Gasteiger partial charge in [-0.05, 0) is 23.6 Å². The van der Waals surface area contributed by atoms with Crippen molar-refractivity contribution in [3.8, 4) is 0 Å². The molecule has 0 bridgehead atoms. The summed E-state index contributed by atoms with van der Waals surface area (Å²) < 4.78 is 6.56. The van der Waals surface area contributed by atoms with Crippen LogP contribution in [0.15, 0.2) is 57.7 Å². The molecule has 118 valence electrons. The molecule has 23 heavy (non-hydrogen) atoms. The van der Waals surface area contributed by atoms with Gasteiger partial charge in [-0.25, -0.2) is 4.79 Å². The maximum absolute atomic E-state index is 12.2. The van der Waals surface area contributed by atoms with Crippen LogP contribution in [0.2, 0.25) is 0 Å². The van der Waals surface area contributed by atoms with Crippen molar-refractivity contribution in [3.05, 3.63) is 64.6 Å². The second-order valence-corrected chi connectivity index (χ2v) is 5.67. The molecule has 0 spiro atoms. The van der Waals surface area contributed by atoms with Gasteiger partial charge in [-0.3, -0.25) is 9.36 Å². The molecule has 5 heteroatoms. The fraction of sp³-hybridized carbons (Fsp3) is 0.222. The second kappa shape index (κ2) is 6.12. The molecule has 0 saturated heterocycles. The average Bonchev–Trinajstić information content (AvgIpc) is 2.82. The zero-order chi connectivity index (χ0) is 16.4. The van der Waals surface area contributed by atoms with Crippen molar-refractivity contribution in [2.45, 2.75) is 19.3 Å². The average molecular weight is 310 g/mol. The van der Waals surface area contributed by atoms with Crippen molar-refractivity contribution in [3.63, 3.8) is 0 Å².